The van der Waals surface area contributed by atoms with Crippen LogP contribution in [0.1, 0.15) is 31.1 Å². The van der Waals surface area contributed by atoms with E-state index in [9.17, 15) is 9.59 Å². The van der Waals surface area contributed by atoms with Gasteiger partial charge in [0.25, 0.3) is 0 Å². The zero-order valence-electron chi connectivity index (χ0n) is 15.0. The van der Waals surface area contributed by atoms with Crippen LogP contribution in [0.2, 0.25) is 0 Å². The van der Waals surface area contributed by atoms with Gasteiger partial charge >= 0.3 is 5.97 Å². The summed E-state index contributed by atoms with van der Waals surface area (Å²) in [7, 11) is 3.00. The molecule has 0 aromatic heterocycles. The molecule has 25 heavy (non-hydrogen) atoms. The van der Waals surface area contributed by atoms with Crippen molar-refractivity contribution in [2.45, 2.75) is 20.8 Å². The van der Waals surface area contributed by atoms with Crippen LogP contribution in [-0.4, -0.2) is 31.7 Å². The molecule has 0 bridgehead atoms. The number of nitrogens with zero attached hydrogens (tertiary/aromatic N) is 1. The van der Waals surface area contributed by atoms with Crippen molar-refractivity contribution in [1.82, 2.24) is 0 Å². The zero-order chi connectivity index (χ0) is 18.6. The van der Waals surface area contributed by atoms with Crippen LogP contribution in [0.25, 0.3) is 0 Å². The molecule has 0 aliphatic heterocycles. The first-order valence-electron chi connectivity index (χ1n) is 7.83. The Labute approximate surface area is 146 Å². The largest absolute Gasteiger partial charge is 0.493 e. The minimum Gasteiger partial charge on any atom is -0.493 e. The van der Waals surface area contributed by atoms with Crippen molar-refractivity contribution in [3.8, 4) is 11.5 Å². The van der Waals surface area contributed by atoms with Gasteiger partial charge < -0.3 is 14.3 Å². The monoisotopic (exact) mass is 343 g/mol. The summed E-state index contributed by atoms with van der Waals surface area (Å²) in [5.41, 5.74) is 2.02. The van der Waals surface area contributed by atoms with Gasteiger partial charge in [0.1, 0.15) is 5.71 Å². The summed E-state index contributed by atoms with van der Waals surface area (Å²) in [5.74, 6) is 0.323. The van der Waals surface area contributed by atoms with Crippen molar-refractivity contribution >= 4 is 17.5 Å². The Morgan fingerprint density at radius 2 is 1.76 bits per heavy atom. The minimum absolute atomic E-state index is 0.0438. The number of rotatable bonds is 5. The SMILES string of the molecule is COc1ccc(C(=O)O/N=C2\C=C(C(C)C)C(=O)C=C2C)cc1OC. The molecule has 2 rings (SSSR count). The number of ether oxygens (including phenoxy) is 2. The molecule has 0 saturated carbocycles. The van der Waals surface area contributed by atoms with Crippen molar-refractivity contribution in [3.05, 3.63) is 47.1 Å². The van der Waals surface area contributed by atoms with Gasteiger partial charge in [-0.3, -0.25) is 4.79 Å². The molecule has 0 amide bonds. The molecule has 0 heterocycles. The smallest absolute Gasteiger partial charge is 0.365 e. The highest BCUT2D eigenvalue weighted by molar-refractivity contribution is 6.21. The van der Waals surface area contributed by atoms with Crippen LogP contribution in [0.3, 0.4) is 0 Å². The summed E-state index contributed by atoms with van der Waals surface area (Å²) < 4.78 is 10.3. The Kier molecular flexibility index (Phi) is 5.75. The third-order valence-corrected chi connectivity index (χ3v) is 3.80. The van der Waals surface area contributed by atoms with Crippen molar-refractivity contribution in [2.24, 2.45) is 11.1 Å². The van der Waals surface area contributed by atoms with Crippen molar-refractivity contribution in [2.75, 3.05) is 14.2 Å². The molecule has 0 N–H and O–H groups in total. The molecular formula is C19H21NO5. The Morgan fingerprint density at radius 1 is 1.08 bits per heavy atom. The summed E-state index contributed by atoms with van der Waals surface area (Å²) in [6.07, 6.45) is 3.16. The highest BCUT2D eigenvalue weighted by atomic mass is 16.7. The number of hydrogen-bond acceptors (Lipinski definition) is 6. The van der Waals surface area contributed by atoms with Gasteiger partial charge in [0.15, 0.2) is 17.3 Å². The lowest BCUT2D eigenvalue weighted by Gasteiger charge is -2.14. The maximum absolute atomic E-state index is 12.2. The second-order valence-electron chi connectivity index (χ2n) is 5.87. The average Bonchev–Trinajstić information content (AvgIpc) is 2.59. The van der Waals surface area contributed by atoms with E-state index in [-0.39, 0.29) is 17.3 Å². The van der Waals surface area contributed by atoms with Crippen molar-refractivity contribution < 1.29 is 23.9 Å². The molecule has 6 heteroatoms. The number of benzene rings is 1. The number of ketones is 1. The van der Waals surface area contributed by atoms with Crippen molar-refractivity contribution in [3.63, 3.8) is 0 Å². The van der Waals surface area contributed by atoms with Crippen molar-refractivity contribution in [1.29, 1.82) is 0 Å². The Bertz CT molecular complexity index is 787. The third kappa shape index (κ3) is 4.15. The zero-order valence-corrected chi connectivity index (χ0v) is 15.0. The molecule has 0 fully saturated rings. The fraction of sp³-hybridized carbons (Fsp3) is 0.316. The van der Waals surface area contributed by atoms with Gasteiger partial charge in [0, 0.05) is 5.57 Å². The van der Waals surface area contributed by atoms with Crippen LogP contribution in [0.4, 0.5) is 0 Å². The van der Waals surface area contributed by atoms with Gasteiger partial charge in [-0.25, -0.2) is 4.79 Å². The van der Waals surface area contributed by atoms with E-state index in [1.54, 1.807) is 25.1 Å². The standard InChI is InChI=1S/C19H21NO5/c1-11(2)14-10-15(12(3)8-16(14)21)20-25-19(22)13-6-7-17(23-4)18(9-13)24-5/h6-11H,1-5H3/b20-15+. The van der Waals surface area contributed by atoms with Crippen LogP contribution < -0.4 is 9.47 Å². The molecule has 1 aliphatic carbocycles. The number of hydrogen-bond donors (Lipinski definition) is 0. The summed E-state index contributed by atoms with van der Waals surface area (Å²) in [6, 6.07) is 4.69. The topological polar surface area (TPSA) is 74.2 Å². The number of allylic oxidation sites excluding steroid dienone is 4. The van der Waals surface area contributed by atoms with Crippen LogP contribution in [-0.2, 0) is 9.63 Å². The summed E-state index contributed by atoms with van der Waals surface area (Å²) in [4.78, 5) is 29.2. The second-order valence-corrected chi connectivity index (χ2v) is 5.87. The van der Waals surface area contributed by atoms with E-state index in [1.165, 1.54) is 26.4 Å². The molecule has 0 atom stereocenters. The first-order chi connectivity index (χ1) is 11.9. The number of carbonyl (C=O) groups is 2. The number of carbonyl (C=O) groups excluding carboxylic acids is 2. The minimum atomic E-state index is -0.627. The average molecular weight is 343 g/mol. The van der Waals surface area contributed by atoms with E-state index in [2.05, 4.69) is 5.16 Å². The fourth-order valence-electron chi connectivity index (χ4n) is 2.34. The molecule has 0 saturated heterocycles. The summed E-state index contributed by atoms with van der Waals surface area (Å²) in [5, 5.41) is 3.90. The normalized spacial score (nSPS) is 15.8. The van der Waals surface area contributed by atoms with Gasteiger partial charge in [-0.15, -0.1) is 0 Å². The predicted molar refractivity (Wildman–Crippen MR) is 94.1 cm³/mol. The van der Waals surface area contributed by atoms with Gasteiger partial charge in [-0.05, 0) is 48.8 Å². The molecule has 0 radical (unpaired) electrons. The third-order valence-electron chi connectivity index (χ3n) is 3.80. The Balaban J connectivity index is 2.22. The van der Waals surface area contributed by atoms with Gasteiger partial charge in [-0.1, -0.05) is 19.0 Å². The first kappa shape index (κ1) is 18.4. The fourth-order valence-corrected chi connectivity index (χ4v) is 2.34. The molecule has 132 valence electrons. The van der Waals surface area contributed by atoms with Crippen LogP contribution in [0.15, 0.2) is 46.7 Å². The van der Waals surface area contributed by atoms with E-state index < -0.39 is 5.97 Å². The molecule has 1 aromatic rings. The van der Waals surface area contributed by atoms with E-state index in [0.29, 0.717) is 28.4 Å². The quantitative estimate of drug-likeness (QED) is 0.466. The summed E-state index contributed by atoms with van der Waals surface area (Å²) in [6.45, 7) is 5.59. The maximum atomic E-state index is 12.2. The lowest BCUT2D eigenvalue weighted by atomic mass is 9.90. The highest BCUT2D eigenvalue weighted by Crippen LogP contribution is 2.28. The number of methoxy groups -OCH3 is 2. The molecule has 6 nitrogen and oxygen atoms in total. The van der Waals surface area contributed by atoms with E-state index in [0.717, 1.165) is 0 Å². The highest BCUT2D eigenvalue weighted by Gasteiger charge is 2.20. The Hall–Kier alpha value is -2.89. The van der Waals surface area contributed by atoms with Gasteiger partial charge in [-0.2, -0.15) is 0 Å². The first-order valence-corrected chi connectivity index (χ1v) is 7.83. The predicted octanol–water partition coefficient (Wildman–Crippen LogP) is 3.33. The number of oxime groups is 1. The van der Waals surface area contributed by atoms with Gasteiger partial charge in [0.05, 0.1) is 19.8 Å². The molecule has 1 aromatic carbocycles. The lowest BCUT2D eigenvalue weighted by Crippen LogP contribution is -2.16. The van der Waals surface area contributed by atoms with E-state index >= 15 is 0 Å². The molecule has 0 unspecified atom stereocenters. The van der Waals surface area contributed by atoms with E-state index in [4.69, 9.17) is 14.3 Å². The van der Waals surface area contributed by atoms with Crippen LogP contribution in [0, 0.1) is 5.92 Å². The molecule has 0 spiro atoms. The maximum Gasteiger partial charge on any atom is 0.365 e. The van der Waals surface area contributed by atoms with Crippen LogP contribution >= 0.6 is 0 Å². The molecule has 1 aliphatic rings. The van der Waals surface area contributed by atoms with E-state index in [1.807, 2.05) is 13.8 Å². The molecular weight excluding hydrogens is 322 g/mol. The lowest BCUT2D eigenvalue weighted by molar-refractivity contribution is -0.111. The van der Waals surface area contributed by atoms with Crippen LogP contribution in [0.5, 0.6) is 11.5 Å². The van der Waals surface area contributed by atoms with Gasteiger partial charge in [0.2, 0.25) is 0 Å². The summed E-state index contributed by atoms with van der Waals surface area (Å²) >= 11 is 0. The Morgan fingerprint density at radius 3 is 2.36 bits per heavy atom. The second kappa shape index (κ2) is 7.79.